The highest BCUT2D eigenvalue weighted by Crippen LogP contribution is 2.14. The average molecular weight is 361 g/mol. The zero-order valence-electron chi connectivity index (χ0n) is 16.2. The highest BCUT2D eigenvalue weighted by Gasteiger charge is 2.37. The van der Waals surface area contributed by atoms with Gasteiger partial charge in [0, 0.05) is 18.7 Å². The summed E-state index contributed by atoms with van der Waals surface area (Å²) >= 11 is 0. The molecule has 6 heteroatoms. The standard InChI is InChI=1S/C20H30N4O2/c1-15(2)18-6-4-17(5-7-18)14-22-10-12-23(13-11-22)16(3)19(25)24-9-8-21-20(24)26/h4-7,15-16H,8-14H2,1-3H3,(H,21,26)/p+2/t16-/m1/s1. The third-order valence-electron chi connectivity index (χ3n) is 5.81. The van der Waals surface area contributed by atoms with Crippen LogP contribution in [0.15, 0.2) is 24.3 Å². The van der Waals surface area contributed by atoms with Crippen LogP contribution in [0.2, 0.25) is 0 Å². The lowest BCUT2D eigenvalue weighted by molar-refractivity contribution is -1.02. The molecular weight excluding hydrogens is 328 g/mol. The van der Waals surface area contributed by atoms with Crippen LogP contribution >= 0.6 is 0 Å². The van der Waals surface area contributed by atoms with Crippen LogP contribution in [0.25, 0.3) is 0 Å². The molecule has 3 amide bonds. The summed E-state index contributed by atoms with van der Waals surface area (Å²) < 4.78 is 0. The smallest absolute Gasteiger partial charge is 0.324 e. The number of imide groups is 1. The van der Waals surface area contributed by atoms with Gasteiger partial charge in [-0.15, -0.1) is 0 Å². The number of urea groups is 1. The van der Waals surface area contributed by atoms with Crippen LogP contribution in [0.5, 0.6) is 0 Å². The number of nitrogens with zero attached hydrogens (tertiary/aromatic N) is 1. The summed E-state index contributed by atoms with van der Waals surface area (Å²) in [6.45, 7) is 12.6. The van der Waals surface area contributed by atoms with E-state index in [1.165, 1.54) is 20.9 Å². The zero-order valence-corrected chi connectivity index (χ0v) is 16.2. The number of benzene rings is 1. The summed E-state index contributed by atoms with van der Waals surface area (Å²) in [7, 11) is 0. The Bertz CT molecular complexity index is 636. The van der Waals surface area contributed by atoms with E-state index in [0.717, 1.165) is 32.7 Å². The van der Waals surface area contributed by atoms with E-state index in [9.17, 15) is 9.59 Å². The van der Waals surface area contributed by atoms with Gasteiger partial charge in [0.15, 0.2) is 6.04 Å². The van der Waals surface area contributed by atoms with Gasteiger partial charge in [0.25, 0.3) is 5.91 Å². The molecule has 2 aliphatic rings. The second kappa shape index (κ2) is 8.18. The van der Waals surface area contributed by atoms with E-state index >= 15 is 0 Å². The molecule has 2 saturated heterocycles. The van der Waals surface area contributed by atoms with Crippen molar-refractivity contribution < 1.29 is 19.4 Å². The van der Waals surface area contributed by atoms with Crippen molar-refractivity contribution in [2.75, 3.05) is 39.3 Å². The minimum Gasteiger partial charge on any atom is -0.336 e. The van der Waals surface area contributed by atoms with E-state index in [1.54, 1.807) is 4.90 Å². The third kappa shape index (κ3) is 4.24. The van der Waals surface area contributed by atoms with Gasteiger partial charge in [-0.25, -0.2) is 4.79 Å². The molecule has 2 aliphatic heterocycles. The number of carbonyl (C=O) groups excluding carboxylic acids is 2. The molecule has 3 N–H and O–H groups in total. The highest BCUT2D eigenvalue weighted by molar-refractivity contribution is 5.97. The average Bonchev–Trinajstić information content (AvgIpc) is 3.07. The Morgan fingerprint density at radius 2 is 1.77 bits per heavy atom. The molecule has 0 spiro atoms. The molecule has 2 heterocycles. The van der Waals surface area contributed by atoms with Gasteiger partial charge >= 0.3 is 6.03 Å². The Labute approximate surface area is 156 Å². The molecule has 0 bridgehead atoms. The summed E-state index contributed by atoms with van der Waals surface area (Å²) in [6.07, 6.45) is 0. The Morgan fingerprint density at radius 3 is 2.31 bits per heavy atom. The van der Waals surface area contributed by atoms with Crippen molar-refractivity contribution in [3.05, 3.63) is 35.4 Å². The maximum absolute atomic E-state index is 12.6. The summed E-state index contributed by atoms with van der Waals surface area (Å²) in [4.78, 5) is 28.5. The van der Waals surface area contributed by atoms with Crippen molar-refractivity contribution >= 4 is 11.9 Å². The van der Waals surface area contributed by atoms with Crippen LogP contribution in [0.3, 0.4) is 0 Å². The minimum atomic E-state index is -0.240. The molecule has 6 nitrogen and oxygen atoms in total. The molecule has 142 valence electrons. The molecule has 26 heavy (non-hydrogen) atoms. The number of rotatable bonds is 5. The van der Waals surface area contributed by atoms with Gasteiger partial charge in [-0.1, -0.05) is 38.1 Å². The zero-order chi connectivity index (χ0) is 18.7. The number of quaternary nitrogens is 2. The number of carbonyl (C=O) groups is 2. The SMILES string of the molecule is CC(C)c1ccc(C[NH+]2CC[NH+]([C@H](C)C(=O)N3CCNC3=O)CC2)cc1. The monoisotopic (exact) mass is 360 g/mol. The predicted octanol–water partition coefficient (Wildman–Crippen LogP) is -0.966. The lowest BCUT2D eigenvalue weighted by Crippen LogP contribution is -3.29. The van der Waals surface area contributed by atoms with E-state index in [0.29, 0.717) is 19.0 Å². The molecule has 1 aromatic carbocycles. The van der Waals surface area contributed by atoms with Crippen LogP contribution in [-0.2, 0) is 11.3 Å². The van der Waals surface area contributed by atoms with Gasteiger partial charge in [0.2, 0.25) is 0 Å². The lowest BCUT2D eigenvalue weighted by Gasteiger charge is -2.33. The minimum absolute atomic E-state index is 0.0391. The van der Waals surface area contributed by atoms with E-state index in [2.05, 4.69) is 43.4 Å². The number of hydrogen-bond donors (Lipinski definition) is 3. The Hall–Kier alpha value is -1.92. The molecule has 1 atom stereocenters. The number of amides is 3. The number of piperazine rings is 1. The Morgan fingerprint density at radius 1 is 1.12 bits per heavy atom. The Balaban J connectivity index is 1.49. The Kier molecular flexibility index (Phi) is 5.94. The van der Waals surface area contributed by atoms with Crippen molar-refractivity contribution in [2.24, 2.45) is 0 Å². The topological polar surface area (TPSA) is 58.3 Å². The summed E-state index contributed by atoms with van der Waals surface area (Å²) in [5.41, 5.74) is 2.77. The third-order valence-corrected chi connectivity index (χ3v) is 5.81. The van der Waals surface area contributed by atoms with Crippen molar-refractivity contribution in [2.45, 2.75) is 39.3 Å². The number of nitrogens with one attached hydrogen (secondary N) is 3. The van der Waals surface area contributed by atoms with Gasteiger partial charge in [0.05, 0.1) is 0 Å². The van der Waals surface area contributed by atoms with Crippen LogP contribution in [0.4, 0.5) is 4.79 Å². The molecule has 2 fully saturated rings. The second-order valence-corrected chi connectivity index (χ2v) is 7.92. The molecule has 0 aliphatic carbocycles. The van der Waals surface area contributed by atoms with E-state index in [4.69, 9.17) is 0 Å². The quantitative estimate of drug-likeness (QED) is 0.633. The summed E-state index contributed by atoms with van der Waals surface area (Å²) in [5.74, 6) is 0.531. The fourth-order valence-electron chi connectivity index (χ4n) is 3.93. The van der Waals surface area contributed by atoms with Gasteiger partial charge in [0.1, 0.15) is 32.7 Å². The first kappa shape index (κ1) is 18.9. The molecule has 3 rings (SSSR count). The van der Waals surface area contributed by atoms with E-state index in [1.807, 2.05) is 6.92 Å². The van der Waals surface area contributed by atoms with Crippen molar-refractivity contribution in [1.82, 2.24) is 10.2 Å². The molecular formula is C20H32N4O2+2. The van der Waals surface area contributed by atoms with Crippen molar-refractivity contribution in [3.8, 4) is 0 Å². The first-order chi connectivity index (χ1) is 12.5. The normalized spacial score (nSPS) is 24.6. The molecule has 0 unspecified atom stereocenters. The molecule has 1 aromatic rings. The van der Waals surface area contributed by atoms with Crippen LogP contribution < -0.4 is 15.1 Å². The largest absolute Gasteiger partial charge is 0.336 e. The van der Waals surface area contributed by atoms with Crippen LogP contribution in [0, 0.1) is 0 Å². The van der Waals surface area contributed by atoms with Crippen LogP contribution in [-0.4, -0.2) is 62.1 Å². The highest BCUT2D eigenvalue weighted by atomic mass is 16.2. The predicted molar refractivity (Wildman–Crippen MR) is 100 cm³/mol. The van der Waals surface area contributed by atoms with Gasteiger partial charge in [-0.05, 0) is 18.4 Å². The van der Waals surface area contributed by atoms with E-state index in [-0.39, 0.29) is 18.0 Å². The van der Waals surface area contributed by atoms with Gasteiger partial charge < -0.3 is 15.1 Å². The number of hydrogen-bond acceptors (Lipinski definition) is 2. The summed E-state index contributed by atoms with van der Waals surface area (Å²) in [5, 5.41) is 2.71. The lowest BCUT2D eigenvalue weighted by atomic mass is 10.0. The maximum Gasteiger partial charge on any atom is 0.324 e. The molecule has 0 aromatic heterocycles. The first-order valence-electron chi connectivity index (χ1n) is 9.82. The van der Waals surface area contributed by atoms with Crippen molar-refractivity contribution in [1.29, 1.82) is 0 Å². The fourth-order valence-corrected chi connectivity index (χ4v) is 3.93. The van der Waals surface area contributed by atoms with Gasteiger partial charge in [-0.3, -0.25) is 9.69 Å². The van der Waals surface area contributed by atoms with Crippen LogP contribution in [0.1, 0.15) is 37.8 Å². The molecule has 0 saturated carbocycles. The molecule has 0 radical (unpaired) electrons. The summed E-state index contributed by atoms with van der Waals surface area (Å²) in [6, 6.07) is 8.59. The van der Waals surface area contributed by atoms with Gasteiger partial charge in [-0.2, -0.15) is 0 Å². The van der Waals surface area contributed by atoms with Crippen molar-refractivity contribution in [3.63, 3.8) is 0 Å². The fraction of sp³-hybridized carbons (Fsp3) is 0.600. The maximum atomic E-state index is 12.6. The van der Waals surface area contributed by atoms with E-state index < -0.39 is 0 Å². The first-order valence-corrected chi connectivity index (χ1v) is 9.82. The second-order valence-electron chi connectivity index (χ2n) is 7.92.